The molecule has 0 fully saturated rings. The van der Waals surface area contributed by atoms with Gasteiger partial charge in [-0.15, -0.1) is 0 Å². The molecule has 0 aliphatic carbocycles. The zero-order valence-corrected chi connectivity index (χ0v) is 9.89. The molecule has 1 N–H and O–H groups in total. The van der Waals surface area contributed by atoms with E-state index >= 15 is 0 Å². The van der Waals surface area contributed by atoms with Crippen molar-refractivity contribution < 1.29 is 4.74 Å². The van der Waals surface area contributed by atoms with E-state index in [-0.39, 0.29) is 5.41 Å². The molecule has 1 aliphatic heterocycles. The van der Waals surface area contributed by atoms with Crippen LogP contribution in [0, 0.1) is 5.41 Å². The normalized spacial score (nSPS) is 18.8. The molecule has 14 heavy (non-hydrogen) atoms. The number of pyridine rings is 1. The Kier molecular flexibility index (Phi) is 2.39. The van der Waals surface area contributed by atoms with Crippen molar-refractivity contribution in [1.82, 2.24) is 4.98 Å². The van der Waals surface area contributed by atoms with Gasteiger partial charge < -0.3 is 10.1 Å². The second-order valence-electron chi connectivity index (χ2n) is 4.31. The van der Waals surface area contributed by atoms with Gasteiger partial charge in [-0.25, -0.2) is 4.98 Å². The molecular formula is C10H13BrN2O. The average molecular weight is 257 g/mol. The summed E-state index contributed by atoms with van der Waals surface area (Å²) >= 11 is 3.37. The van der Waals surface area contributed by atoms with Crippen molar-refractivity contribution in [2.24, 2.45) is 5.41 Å². The average Bonchev–Trinajstić information content (AvgIpc) is 2.26. The number of anilines is 1. The minimum atomic E-state index is 0.146. The van der Waals surface area contributed by atoms with E-state index in [1.807, 2.05) is 6.07 Å². The number of hydrogen-bond donors (Lipinski definition) is 1. The minimum Gasteiger partial charge on any atom is -0.489 e. The third-order valence-electron chi connectivity index (χ3n) is 2.17. The van der Waals surface area contributed by atoms with Crippen molar-refractivity contribution in [3.8, 4) is 5.75 Å². The van der Waals surface area contributed by atoms with E-state index in [1.165, 1.54) is 0 Å². The van der Waals surface area contributed by atoms with E-state index in [0.717, 1.165) is 22.6 Å². The molecule has 0 aromatic carbocycles. The van der Waals surface area contributed by atoms with Gasteiger partial charge in [0.05, 0.1) is 6.61 Å². The Hall–Kier alpha value is -0.770. The highest BCUT2D eigenvalue weighted by Gasteiger charge is 2.23. The lowest BCUT2D eigenvalue weighted by molar-refractivity contribution is 0.200. The maximum Gasteiger partial charge on any atom is 0.168 e. The number of rotatable bonds is 0. The van der Waals surface area contributed by atoms with Gasteiger partial charge in [-0.05, 0) is 22.0 Å². The molecule has 0 amide bonds. The Labute approximate surface area is 92.0 Å². The number of aromatic nitrogens is 1. The molecule has 0 saturated carbocycles. The quantitative estimate of drug-likeness (QED) is 0.775. The zero-order valence-electron chi connectivity index (χ0n) is 8.30. The van der Waals surface area contributed by atoms with Crippen LogP contribution in [-0.2, 0) is 0 Å². The number of fused-ring (bicyclic) bond motifs is 1. The van der Waals surface area contributed by atoms with Gasteiger partial charge in [-0.3, -0.25) is 0 Å². The monoisotopic (exact) mass is 256 g/mol. The Bertz CT molecular complexity index is 352. The molecule has 0 spiro atoms. The van der Waals surface area contributed by atoms with Gasteiger partial charge >= 0.3 is 0 Å². The van der Waals surface area contributed by atoms with Crippen LogP contribution in [0.4, 0.5) is 5.82 Å². The predicted octanol–water partition coefficient (Wildman–Crippen LogP) is 2.67. The van der Waals surface area contributed by atoms with Gasteiger partial charge in [-0.2, -0.15) is 0 Å². The smallest absolute Gasteiger partial charge is 0.168 e. The summed E-state index contributed by atoms with van der Waals surface area (Å²) in [6, 6.07) is 1.94. The van der Waals surface area contributed by atoms with Crippen LogP contribution in [-0.4, -0.2) is 18.1 Å². The maximum absolute atomic E-state index is 5.69. The first kappa shape index (κ1) is 9.77. The summed E-state index contributed by atoms with van der Waals surface area (Å²) in [6.45, 7) is 5.93. The van der Waals surface area contributed by atoms with Crippen molar-refractivity contribution in [2.45, 2.75) is 13.8 Å². The lowest BCUT2D eigenvalue weighted by atomic mass is 9.95. The predicted molar refractivity (Wildman–Crippen MR) is 59.7 cm³/mol. The highest BCUT2D eigenvalue weighted by molar-refractivity contribution is 9.10. The fourth-order valence-corrected chi connectivity index (χ4v) is 1.62. The second-order valence-corrected chi connectivity index (χ2v) is 5.22. The van der Waals surface area contributed by atoms with Crippen LogP contribution in [0.5, 0.6) is 5.75 Å². The second kappa shape index (κ2) is 3.42. The van der Waals surface area contributed by atoms with Crippen molar-refractivity contribution in [2.75, 3.05) is 18.5 Å². The Morgan fingerprint density at radius 3 is 3.14 bits per heavy atom. The lowest BCUT2D eigenvalue weighted by Crippen LogP contribution is -2.27. The van der Waals surface area contributed by atoms with Crippen LogP contribution in [0.25, 0.3) is 0 Å². The molecule has 2 rings (SSSR count). The molecule has 4 heteroatoms. The van der Waals surface area contributed by atoms with Gasteiger partial charge in [0.25, 0.3) is 0 Å². The molecule has 2 heterocycles. The van der Waals surface area contributed by atoms with Crippen molar-refractivity contribution >= 4 is 21.7 Å². The number of halogens is 1. The zero-order chi connectivity index (χ0) is 10.2. The Morgan fingerprint density at radius 2 is 2.36 bits per heavy atom. The minimum absolute atomic E-state index is 0.146. The van der Waals surface area contributed by atoms with Gasteiger partial charge in [-0.1, -0.05) is 13.8 Å². The number of hydrogen-bond acceptors (Lipinski definition) is 3. The van der Waals surface area contributed by atoms with Crippen molar-refractivity contribution in [3.63, 3.8) is 0 Å². The number of ether oxygens (including phenoxy) is 1. The topological polar surface area (TPSA) is 34.2 Å². The molecule has 0 saturated heterocycles. The molecule has 1 aromatic heterocycles. The standard InChI is InChI=1S/C10H13BrN2O/c1-10(2)5-13-9-8(14-6-10)3-7(11)4-12-9/h3-4H,5-6H2,1-2H3,(H,12,13). The molecule has 0 radical (unpaired) electrons. The summed E-state index contributed by atoms with van der Waals surface area (Å²) in [6.07, 6.45) is 1.77. The highest BCUT2D eigenvalue weighted by atomic mass is 79.9. The van der Waals surface area contributed by atoms with Crippen LogP contribution < -0.4 is 10.1 Å². The molecule has 0 atom stereocenters. The van der Waals surface area contributed by atoms with E-state index < -0.39 is 0 Å². The van der Waals surface area contributed by atoms with Crippen LogP contribution in [0.2, 0.25) is 0 Å². The summed E-state index contributed by atoms with van der Waals surface area (Å²) in [4.78, 5) is 4.26. The molecule has 0 bridgehead atoms. The van der Waals surface area contributed by atoms with Gasteiger partial charge in [0.2, 0.25) is 0 Å². The largest absolute Gasteiger partial charge is 0.489 e. The van der Waals surface area contributed by atoms with Crippen LogP contribution >= 0.6 is 15.9 Å². The molecule has 0 unspecified atom stereocenters. The first-order valence-corrected chi connectivity index (χ1v) is 5.38. The Balaban J connectivity index is 2.30. The first-order chi connectivity index (χ1) is 6.57. The number of nitrogens with zero attached hydrogens (tertiary/aromatic N) is 1. The van der Waals surface area contributed by atoms with E-state index in [1.54, 1.807) is 6.20 Å². The number of nitrogens with one attached hydrogen (secondary N) is 1. The van der Waals surface area contributed by atoms with E-state index in [0.29, 0.717) is 6.61 Å². The summed E-state index contributed by atoms with van der Waals surface area (Å²) < 4.78 is 6.63. The SMILES string of the molecule is CC1(C)CNc2ncc(Br)cc2OC1. The fraction of sp³-hybridized carbons (Fsp3) is 0.500. The van der Waals surface area contributed by atoms with Crippen LogP contribution in [0.15, 0.2) is 16.7 Å². The van der Waals surface area contributed by atoms with Crippen molar-refractivity contribution in [1.29, 1.82) is 0 Å². The lowest BCUT2D eigenvalue weighted by Gasteiger charge is -2.20. The summed E-state index contributed by atoms with van der Waals surface area (Å²) in [5, 5.41) is 3.29. The third-order valence-corrected chi connectivity index (χ3v) is 2.61. The van der Waals surface area contributed by atoms with E-state index in [9.17, 15) is 0 Å². The summed E-state index contributed by atoms with van der Waals surface area (Å²) in [5.74, 6) is 1.66. The molecule has 76 valence electrons. The van der Waals surface area contributed by atoms with Crippen LogP contribution in [0.1, 0.15) is 13.8 Å². The molecule has 3 nitrogen and oxygen atoms in total. The Morgan fingerprint density at radius 1 is 1.57 bits per heavy atom. The third kappa shape index (κ3) is 2.00. The maximum atomic E-state index is 5.69. The molecule has 1 aliphatic rings. The fourth-order valence-electron chi connectivity index (χ4n) is 1.31. The van der Waals surface area contributed by atoms with E-state index in [2.05, 4.69) is 40.1 Å². The summed E-state index contributed by atoms with van der Waals surface area (Å²) in [7, 11) is 0. The van der Waals surface area contributed by atoms with Gasteiger partial charge in [0, 0.05) is 22.6 Å². The van der Waals surface area contributed by atoms with E-state index in [4.69, 9.17) is 4.74 Å². The van der Waals surface area contributed by atoms with Gasteiger partial charge in [0.1, 0.15) is 0 Å². The summed E-state index contributed by atoms with van der Waals surface area (Å²) in [5.41, 5.74) is 0.146. The van der Waals surface area contributed by atoms with Crippen molar-refractivity contribution in [3.05, 3.63) is 16.7 Å². The highest BCUT2D eigenvalue weighted by Crippen LogP contribution is 2.31. The molecular weight excluding hydrogens is 244 g/mol. The first-order valence-electron chi connectivity index (χ1n) is 4.59. The van der Waals surface area contributed by atoms with Gasteiger partial charge in [0.15, 0.2) is 11.6 Å². The van der Waals surface area contributed by atoms with Crippen LogP contribution in [0.3, 0.4) is 0 Å². The molecule has 1 aromatic rings.